The number of unbranched alkanes of at least 4 members (excludes halogenated alkanes) is 1. The number of hydrogen-bond acceptors (Lipinski definition) is 5. The van der Waals surface area contributed by atoms with E-state index in [-0.39, 0.29) is 24.8 Å². The molecule has 0 aliphatic carbocycles. The normalized spacial score (nSPS) is 12.0. The van der Waals surface area contributed by atoms with Crippen molar-refractivity contribution in [2.75, 3.05) is 30.8 Å². The summed E-state index contributed by atoms with van der Waals surface area (Å²) in [6.07, 6.45) is 3.85. The van der Waals surface area contributed by atoms with Gasteiger partial charge in [0.2, 0.25) is 21.8 Å². The van der Waals surface area contributed by atoms with Gasteiger partial charge in [0, 0.05) is 26.1 Å². The number of rotatable bonds is 15. The Bertz CT molecular complexity index is 1140. The first-order valence-corrected chi connectivity index (χ1v) is 14.7. The molecule has 2 aromatic rings. The second-order valence-corrected chi connectivity index (χ2v) is 11.0. The van der Waals surface area contributed by atoms with E-state index in [1.165, 1.54) is 11.4 Å². The van der Waals surface area contributed by atoms with Crippen LogP contribution in [0.5, 0.6) is 5.75 Å². The fourth-order valence-corrected chi connectivity index (χ4v) is 5.18. The minimum absolute atomic E-state index is 0.103. The molecule has 2 amide bonds. The van der Waals surface area contributed by atoms with Crippen LogP contribution in [-0.2, 0) is 26.2 Å². The number of ether oxygens (including phenoxy) is 1. The molecule has 1 N–H and O–H groups in total. The molecule has 0 saturated heterocycles. The third-order valence-electron chi connectivity index (χ3n) is 6.32. The van der Waals surface area contributed by atoms with E-state index in [1.807, 2.05) is 38.1 Å². The minimum atomic E-state index is -3.61. The maximum absolute atomic E-state index is 13.5. The maximum Gasteiger partial charge on any atom is 0.242 e. The smallest absolute Gasteiger partial charge is 0.242 e. The molecule has 0 radical (unpaired) electrons. The summed E-state index contributed by atoms with van der Waals surface area (Å²) < 4.78 is 31.8. The lowest BCUT2D eigenvalue weighted by molar-refractivity contribution is -0.141. The largest absolute Gasteiger partial charge is 0.495 e. The van der Waals surface area contributed by atoms with E-state index in [9.17, 15) is 18.0 Å². The Labute approximate surface area is 222 Å². The van der Waals surface area contributed by atoms with Crippen molar-refractivity contribution >= 4 is 27.5 Å². The van der Waals surface area contributed by atoms with Crippen LogP contribution < -0.4 is 14.4 Å². The van der Waals surface area contributed by atoms with Crippen molar-refractivity contribution in [2.24, 2.45) is 0 Å². The van der Waals surface area contributed by atoms with Gasteiger partial charge in [-0.15, -0.1) is 0 Å². The van der Waals surface area contributed by atoms with Gasteiger partial charge in [0.1, 0.15) is 11.8 Å². The Balaban J connectivity index is 2.23. The second-order valence-electron chi connectivity index (χ2n) is 9.13. The van der Waals surface area contributed by atoms with E-state index < -0.39 is 16.1 Å². The van der Waals surface area contributed by atoms with Crippen LogP contribution in [0.3, 0.4) is 0 Å². The molecule has 0 fully saturated rings. The number of carbonyl (C=O) groups is 2. The molecular formula is C28H41N3O5S. The monoisotopic (exact) mass is 531 g/mol. The Morgan fingerprint density at radius 2 is 1.70 bits per heavy atom. The van der Waals surface area contributed by atoms with Crippen LogP contribution in [0.1, 0.15) is 57.1 Å². The lowest BCUT2D eigenvalue weighted by Gasteiger charge is -2.31. The predicted molar refractivity (Wildman–Crippen MR) is 148 cm³/mol. The number of amides is 2. The molecule has 0 spiro atoms. The Morgan fingerprint density at radius 3 is 2.32 bits per heavy atom. The minimum Gasteiger partial charge on any atom is -0.495 e. The highest BCUT2D eigenvalue weighted by Crippen LogP contribution is 2.30. The van der Waals surface area contributed by atoms with Crippen LogP contribution >= 0.6 is 0 Å². The van der Waals surface area contributed by atoms with Crippen molar-refractivity contribution in [3.05, 3.63) is 59.7 Å². The maximum atomic E-state index is 13.5. The zero-order chi connectivity index (χ0) is 27.4. The highest BCUT2D eigenvalue weighted by molar-refractivity contribution is 7.92. The van der Waals surface area contributed by atoms with Crippen molar-refractivity contribution < 1.29 is 22.7 Å². The van der Waals surface area contributed by atoms with Crippen LogP contribution in [0.15, 0.2) is 48.5 Å². The fourth-order valence-electron chi connectivity index (χ4n) is 4.21. The van der Waals surface area contributed by atoms with Crippen molar-refractivity contribution in [1.82, 2.24) is 10.2 Å². The molecule has 8 nitrogen and oxygen atoms in total. The Hall–Kier alpha value is -3.07. The Morgan fingerprint density at radius 1 is 1.03 bits per heavy atom. The zero-order valence-corrected chi connectivity index (χ0v) is 23.5. The number of para-hydroxylation sites is 2. The molecule has 204 valence electrons. The van der Waals surface area contributed by atoms with Crippen molar-refractivity contribution in [1.29, 1.82) is 0 Å². The molecule has 9 heteroatoms. The fraction of sp³-hybridized carbons (Fsp3) is 0.500. The van der Waals surface area contributed by atoms with Gasteiger partial charge in [0.25, 0.3) is 0 Å². The molecule has 1 atom stereocenters. The molecule has 0 unspecified atom stereocenters. The quantitative estimate of drug-likeness (QED) is 0.346. The number of anilines is 1. The van der Waals surface area contributed by atoms with Gasteiger partial charge in [-0.1, -0.05) is 56.7 Å². The predicted octanol–water partition coefficient (Wildman–Crippen LogP) is 4.27. The van der Waals surface area contributed by atoms with Gasteiger partial charge in [-0.25, -0.2) is 8.42 Å². The highest BCUT2D eigenvalue weighted by Gasteiger charge is 2.29. The van der Waals surface area contributed by atoms with E-state index >= 15 is 0 Å². The number of sulfonamides is 1. The third kappa shape index (κ3) is 8.77. The first-order chi connectivity index (χ1) is 17.6. The summed E-state index contributed by atoms with van der Waals surface area (Å²) in [5.41, 5.74) is 2.45. The van der Waals surface area contributed by atoms with Gasteiger partial charge in [-0.3, -0.25) is 13.9 Å². The zero-order valence-electron chi connectivity index (χ0n) is 22.7. The number of benzene rings is 2. The molecule has 0 aliphatic rings. The van der Waals surface area contributed by atoms with E-state index in [1.54, 1.807) is 29.2 Å². The molecular weight excluding hydrogens is 490 g/mol. The van der Waals surface area contributed by atoms with Crippen LogP contribution in [-0.4, -0.2) is 57.6 Å². The number of nitrogens with zero attached hydrogens (tertiary/aromatic N) is 2. The van der Waals surface area contributed by atoms with E-state index in [0.717, 1.165) is 30.2 Å². The average molecular weight is 532 g/mol. The Kier molecular flexibility index (Phi) is 11.9. The molecule has 2 rings (SSSR count). The van der Waals surface area contributed by atoms with Crippen molar-refractivity contribution in [2.45, 2.75) is 65.5 Å². The molecule has 37 heavy (non-hydrogen) atoms. The van der Waals surface area contributed by atoms with E-state index in [4.69, 9.17) is 4.74 Å². The summed E-state index contributed by atoms with van der Waals surface area (Å²) in [6, 6.07) is 14.1. The van der Waals surface area contributed by atoms with Gasteiger partial charge >= 0.3 is 0 Å². The van der Waals surface area contributed by atoms with Gasteiger partial charge in [-0.05, 0) is 49.4 Å². The van der Waals surface area contributed by atoms with E-state index in [0.29, 0.717) is 37.4 Å². The number of nitrogens with one attached hydrogen (secondary N) is 1. The molecule has 0 bridgehead atoms. The topological polar surface area (TPSA) is 96.0 Å². The summed E-state index contributed by atoms with van der Waals surface area (Å²) in [5.74, 6) is 0.0918. The molecule has 0 saturated carbocycles. The molecule has 0 heterocycles. The number of aryl methyl sites for hydroxylation is 1. The summed E-state index contributed by atoms with van der Waals surface area (Å²) in [7, 11) is -2.12. The van der Waals surface area contributed by atoms with Gasteiger partial charge in [0.15, 0.2) is 0 Å². The summed E-state index contributed by atoms with van der Waals surface area (Å²) in [5, 5.41) is 2.96. The van der Waals surface area contributed by atoms with Crippen molar-refractivity contribution in [3.63, 3.8) is 0 Å². The number of carbonyl (C=O) groups excluding carboxylic acids is 2. The molecule has 0 aromatic heterocycles. The molecule has 2 aromatic carbocycles. The summed E-state index contributed by atoms with van der Waals surface area (Å²) in [6.45, 7) is 6.94. The third-order valence-corrected chi connectivity index (χ3v) is 7.50. The lowest BCUT2D eigenvalue weighted by Crippen LogP contribution is -2.49. The number of hydrogen-bond donors (Lipinski definition) is 1. The van der Waals surface area contributed by atoms with Gasteiger partial charge in [0.05, 0.1) is 19.1 Å². The van der Waals surface area contributed by atoms with Gasteiger partial charge < -0.3 is 15.0 Å². The van der Waals surface area contributed by atoms with E-state index in [2.05, 4.69) is 12.2 Å². The molecule has 0 aliphatic heterocycles. The standard InChI is InChI=1S/C28H41N3O5S/c1-6-8-19-29-28(33)24(7-2)30(21-23-15-10-9-14-22(23)3)27(32)18-13-20-31(37(5,34)35)25-16-11-12-17-26(25)36-4/h9-12,14-17,24H,6-8,13,18-21H2,1-5H3,(H,29,33)/t24-/m0/s1. The van der Waals surface area contributed by atoms with Crippen LogP contribution in [0.25, 0.3) is 0 Å². The summed E-state index contributed by atoms with van der Waals surface area (Å²) in [4.78, 5) is 28.2. The summed E-state index contributed by atoms with van der Waals surface area (Å²) >= 11 is 0. The number of methoxy groups -OCH3 is 1. The van der Waals surface area contributed by atoms with Crippen LogP contribution in [0.4, 0.5) is 5.69 Å². The first-order valence-electron chi connectivity index (χ1n) is 12.9. The average Bonchev–Trinajstić information content (AvgIpc) is 2.87. The van der Waals surface area contributed by atoms with Gasteiger partial charge in [-0.2, -0.15) is 0 Å². The second kappa shape index (κ2) is 14.6. The van der Waals surface area contributed by atoms with Crippen LogP contribution in [0.2, 0.25) is 0 Å². The lowest BCUT2D eigenvalue weighted by atomic mass is 10.1. The SMILES string of the molecule is CCCCNC(=O)[C@H](CC)N(Cc1ccccc1C)C(=O)CCCN(c1ccccc1OC)S(C)(=O)=O. The first kappa shape index (κ1) is 30.2. The van der Waals surface area contributed by atoms with Crippen molar-refractivity contribution in [3.8, 4) is 5.75 Å². The van der Waals surface area contributed by atoms with Crippen LogP contribution in [0, 0.1) is 6.92 Å². The highest BCUT2D eigenvalue weighted by atomic mass is 32.2.